The van der Waals surface area contributed by atoms with E-state index in [-0.39, 0.29) is 12.1 Å². The third-order valence-corrected chi connectivity index (χ3v) is 1.89. The van der Waals surface area contributed by atoms with E-state index in [1.807, 2.05) is 0 Å². The van der Waals surface area contributed by atoms with E-state index < -0.39 is 10.9 Å². The first-order valence-electron chi connectivity index (χ1n) is 3.95. The van der Waals surface area contributed by atoms with Crippen molar-refractivity contribution in [2.45, 2.75) is 13.5 Å². The number of carbonyl (C=O) groups is 1. The van der Waals surface area contributed by atoms with Crippen LogP contribution in [0.5, 0.6) is 0 Å². The van der Waals surface area contributed by atoms with Crippen molar-refractivity contribution in [3.63, 3.8) is 0 Å². The summed E-state index contributed by atoms with van der Waals surface area (Å²) in [7, 11) is 0. The van der Waals surface area contributed by atoms with Crippen LogP contribution < -0.4 is 0 Å². The fourth-order valence-corrected chi connectivity index (χ4v) is 1.15. The largest absolute Gasteiger partial charge is 0.478 e. The summed E-state index contributed by atoms with van der Waals surface area (Å²) in [5.74, 6) is -1.03. The maximum atomic E-state index is 10.6. The van der Waals surface area contributed by atoms with Gasteiger partial charge in [-0.2, -0.15) is 0 Å². The molecule has 0 aliphatic heterocycles. The standard InChI is InChI=1S/C9H9NO4/c1-6-4-7(9(11)12)2-3-8(6)5-10(13)14/h2-4H,5H2,1H3,(H,11,12). The quantitative estimate of drug-likeness (QED) is 0.585. The first kappa shape index (κ1) is 10.2. The summed E-state index contributed by atoms with van der Waals surface area (Å²) in [5.41, 5.74) is 1.32. The van der Waals surface area contributed by atoms with Crippen molar-refractivity contribution < 1.29 is 14.8 Å². The van der Waals surface area contributed by atoms with Gasteiger partial charge in [0.15, 0.2) is 0 Å². The molecule has 74 valence electrons. The number of hydrogen-bond acceptors (Lipinski definition) is 3. The number of hydrogen-bond donors (Lipinski definition) is 1. The van der Waals surface area contributed by atoms with Crippen LogP contribution in [0.4, 0.5) is 0 Å². The Hall–Kier alpha value is -1.91. The van der Waals surface area contributed by atoms with Gasteiger partial charge in [-0.05, 0) is 24.6 Å². The highest BCUT2D eigenvalue weighted by Crippen LogP contribution is 2.11. The number of rotatable bonds is 3. The van der Waals surface area contributed by atoms with Gasteiger partial charge in [0.1, 0.15) is 0 Å². The van der Waals surface area contributed by atoms with Crippen molar-refractivity contribution >= 4 is 5.97 Å². The Bertz CT molecular complexity index is 386. The summed E-state index contributed by atoms with van der Waals surface area (Å²) in [5, 5.41) is 18.9. The lowest BCUT2D eigenvalue weighted by Gasteiger charge is -2.01. The second-order valence-corrected chi connectivity index (χ2v) is 2.94. The number of aromatic carboxylic acids is 1. The lowest BCUT2D eigenvalue weighted by molar-refractivity contribution is -0.496. The number of benzene rings is 1. The molecule has 0 saturated heterocycles. The van der Waals surface area contributed by atoms with Gasteiger partial charge in [-0.1, -0.05) is 6.07 Å². The summed E-state index contributed by atoms with van der Waals surface area (Å²) in [6.45, 7) is 1.39. The molecule has 0 bridgehead atoms. The lowest BCUT2D eigenvalue weighted by atomic mass is 10.1. The topological polar surface area (TPSA) is 80.4 Å². The van der Waals surface area contributed by atoms with Crippen molar-refractivity contribution in [2.24, 2.45) is 0 Å². The van der Waals surface area contributed by atoms with Crippen LogP contribution in [0.2, 0.25) is 0 Å². The Kier molecular flexibility index (Phi) is 2.81. The fraction of sp³-hybridized carbons (Fsp3) is 0.222. The summed E-state index contributed by atoms with van der Waals surface area (Å²) < 4.78 is 0. The van der Waals surface area contributed by atoms with Crippen molar-refractivity contribution in [3.05, 3.63) is 45.0 Å². The molecule has 0 fully saturated rings. The average Bonchev–Trinajstić information content (AvgIpc) is 2.07. The number of nitrogens with zero attached hydrogens (tertiary/aromatic N) is 1. The van der Waals surface area contributed by atoms with Crippen LogP contribution in [0.25, 0.3) is 0 Å². The molecular formula is C9H9NO4. The molecule has 0 unspecified atom stereocenters. The first-order valence-corrected chi connectivity index (χ1v) is 3.95. The summed E-state index contributed by atoms with van der Waals surface area (Å²) in [6.07, 6.45) is 0. The van der Waals surface area contributed by atoms with E-state index in [1.54, 1.807) is 6.92 Å². The van der Waals surface area contributed by atoms with Crippen LogP contribution in [-0.4, -0.2) is 16.0 Å². The minimum Gasteiger partial charge on any atom is -0.478 e. The smallest absolute Gasteiger partial charge is 0.335 e. The second-order valence-electron chi connectivity index (χ2n) is 2.94. The molecular weight excluding hydrogens is 186 g/mol. The van der Waals surface area contributed by atoms with Crippen LogP contribution in [-0.2, 0) is 6.54 Å². The Morgan fingerprint density at radius 1 is 1.57 bits per heavy atom. The van der Waals surface area contributed by atoms with Crippen molar-refractivity contribution in [1.29, 1.82) is 0 Å². The predicted octanol–water partition coefficient (Wildman–Crippen LogP) is 1.47. The Morgan fingerprint density at radius 2 is 2.21 bits per heavy atom. The molecule has 0 saturated carbocycles. The van der Waals surface area contributed by atoms with Crippen LogP contribution in [0.3, 0.4) is 0 Å². The van der Waals surface area contributed by atoms with Crippen molar-refractivity contribution in [3.8, 4) is 0 Å². The lowest BCUT2D eigenvalue weighted by Crippen LogP contribution is -2.03. The van der Waals surface area contributed by atoms with Gasteiger partial charge in [0.2, 0.25) is 6.54 Å². The van der Waals surface area contributed by atoms with E-state index in [0.29, 0.717) is 11.1 Å². The zero-order chi connectivity index (χ0) is 10.7. The molecule has 0 atom stereocenters. The van der Waals surface area contributed by atoms with E-state index in [2.05, 4.69) is 0 Å². The minimum atomic E-state index is -1.03. The van der Waals surface area contributed by atoms with Crippen LogP contribution in [0.15, 0.2) is 18.2 Å². The summed E-state index contributed by atoms with van der Waals surface area (Å²) in [6, 6.07) is 4.27. The second kappa shape index (κ2) is 3.87. The van der Waals surface area contributed by atoms with E-state index in [0.717, 1.165) is 0 Å². The van der Waals surface area contributed by atoms with E-state index >= 15 is 0 Å². The molecule has 0 heterocycles. The number of carboxylic acids is 1. The summed E-state index contributed by atoms with van der Waals surface area (Å²) >= 11 is 0. The third-order valence-electron chi connectivity index (χ3n) is 1.89. The zero-order valence-corrected chi connectivity index (χ0v) is 7.56. The molecule has 0 radical (unpaired) electrons. The SMILES string of the molecule is Cc1cc(C(=O)O)ccc1C[N+](=O)[O-]. The monoisotopic (exact) mass is 195 g/mol. The Labute approximate surface area is 80.1 Å². The van der Waals surface area contributed by atoms with Crippen LogP contribution in [0, 0.1) is 17.0 Å². The van der Waals surface area contributed by atoms with Gasteiger partial charge in [0.25, 0.3) is 0 Å². The molecule has 0 aliphatic carbocycles. The van der Waals surface area contributed by atoms with Crippen LogP contribution >= 0.6 is 0 Å². The number of aryl methyl sites for hydroxylation is 1. The molecule has 1 aromatic carbocycles. The van der Waals surface area contributed by atoms with Gasteiger partial charge < -0.3 is 5.11 Å². The maximum Gasteiger partial charge on any atom is 0.335 e. The van der Waals surface area contributed by atoms with E-state index in [9.17, 15) is 14.9 Å². The zero-order valence-electron chi connectivity index (χ0n) is 7.56. The highest BCUT2D eigenvalue weighted by atomic mass is 16.6. The van der Waals surface area contributed by atoms with Crippen LogP contribution in [0.1, 0.15) is 21.5 Å². The molecule has 5 nitrogen and oxygen atoms in total. The Morgan fingerprint density at radius 3 is 2.64 bits per heavy atom. The molecule has 5 heteroatoms. The average molecular weight is 195 g/mol. The predicted molar refractivity (Wildman–Crippen MR) is 48.8 cm³/mol. The molecule has 0 aliphatic rings. The molecule has 0 amide bonds. The van der Waals surface area contributed by atoms with E-state index in [4.69, 9.17) is 5.11 Å². The fourth-order valence-electron chi connectivity index (χ4n) is 1.15. The number of nitro groups is 1. The first-order chi connectivity index (χ1) is 6.50. The van der Waals surface area contributed by atoms with Gasteiger partial charge in [-0.15, -0.1) is 0 Å². The minimum absolute atomic E-state index is 0.148. The molecule has 1 N–H and O–H groups in total. The highest BCUT2D eigenvalue weighted by molar-refractivity contribution is 5.87. The summed E-state index contributed by atoms with van der Waals surface area (Å²) in [4.78, 5) is 20.3. The molecule has 14 heavy (non-hydrogen) atoms. The van der Waals surface area contributed by atoms with Gasteiger partial charge in [0.05, 0.1) is 5.56 Å². The third kappa shape index (κ3) is 2.29. The van der Waals surface area contributed by atoms with Crippen molar-refractivity contribution in [1.82, 2.24) is 0 Å². The number of carboxylic acid groups (broad SMARTS) is 1. The normalized spacial score (nSPS) is 9.79. The maximum absolute atomic E-state index is 10.6. The molecule has 1 rings (SSSR count). The molecule has 1 aromatic rings. The van der Waals surface area contributed by atoms with Gasteiger partial charge in [-0.25, -0.2) is 4.79 Å². The van der Waals surface area contributed by atoms with E-state index in [1.165, 1.54) is 18.2 Å². The Balaban J connectivity index is 3.01. The van der Waals surface area contributed by atoms with Crippen molar-refractivity contribution in [2.75, 3.05) is 0 Å². The van der Waals surface area contributed by atoms with Gasteiger partial charge in [0, 0.05) is 10.5 Å². The molecule has 0 spiro atoms. The molecule has 0 aromatic heterocycles. The van der Waals surface area contributed by atoms with Gasteiger partial charge in [-0.3, -0.25) is 10.1 Å². The highest BCUT2D eigenvalue weighted by Gasteiger charge is 2.08. The van der Waals surface area contributed by atoms with Gasteiger partial charge >= 0.3 is 5.97 Å².